The highest BCUT2D eigenvalue weighted by Gasteiger charge is 2.32. The molecular formula is C16H22N4O3. The molecule has 0 spiro atoms. The first-order valence-corrected chi connectivity index (χ1v) is 7.86. The van der Waals surface area contributed by atoms with Gasteiger partial charge in [-0.1, -0.05) is 5.16 Å². The highest BCUT2D eigenvalue weighted by molar-refractivity contribution is 5.96. The molecule has 0 aliphatic carbocycles. The number of hydrogen-bond acceptors (Lipinski definition) is 5. The molecule has 7 nitrogen and oxygen atoms in total. The lowest BCUT2D eigenvalue weighted by Crippen LogP contribution is -2.40. The number of nitrogens with zero attached hydrogens (tertiary/aromatic N) is 4. The number of carbonyl (C=O) groups excluding carboxylic acids is 1. The highest BCUT2D eigenvalue weighted by atomic mass is 16.5. The van der Waals surface area contributed by atoms with Crippen LogP contribution in [-0.4, -0.2) is 43.7 Å². The number of amides is 1. The topological polar surface area (TPSA) is 84.4 Å². The fourth-order valence-corrected chi connectivity index (χ4v) is 3.24. The second kappa shape index (κ2) is 6.16. The van der Waals surface area contributed by atoms with Gasteiger partial charge in [0.25, 0.3) is 5.91 Å². The molecule has 0 saturated carbocycles. The molecule has 1 N–H and O–H groups in total. The number of imidazole rings is 1. The molecule has 0 radical (unpaired) electrons. The van der Waals surface area contributed by atoms with Crippen molar-refractivity contribution in [2.75, 3.05) is 13.1 Å². The van der Waals surface area contributed by atoms with Crippen LogP contribution in [0.3, 0.4) is 0 Å². The van der Waals surface area contributed by atoms with Gasteiger partial charge in [-0.3, -0.25) is 4.79 Å². The maximum absolute atomic E-state index is 12.6. The van der Waals surface area contributed by atoms with E-state index < -0.39 is 6.10 Å². The number of aromatic nitrogens is 3. The molecule has 7 heteroatoms. The van der Waals surface area contributed by atoms with Crippen LogP contribution in [0, 0.1) is 19.8 Å². The summed E-state index contributed by atoms with van der Waals surface area (Å²) < 4.78 is 6.92. The van der Waals surface area contributed by atoms with Gasteiger partial charge in [-0.25, -0.2) is 4.98 Å². The number of carbonyl (C=O) groups is 1. The van der Waals surface area contributed by atoms with Crippen molar-refractivity contribution in [2.45, 2.75) is 32.8 Å². The summed E-state index contributed by atoms with van der Waals surface area (Å²) in [4.78, 5) is 18.6. The summed E-state index contributed by atoms with van der Waals surface area (Å²) in [5.41, 5.74) is 1.19. The SMILES string of the molecule is Cc1noc(C)c1C(=O)N1CCC([C@H](O)c2nccn2C)CC1. The monoisotopic (exact) mass is 318 g/mol. The summed E-state index contributed by atoms with van der Waals surface area (Å²) in [6.07, 6.45) is 4.43. The van der Waals surface area contributed by atoms with E-state index >= 15 is 0 Å². The van der Waals surface area contributed by atoms with E-state index in [1.807, 2.05) is 22.7 Å². The third-order valence-electron chi connectivity index (χ3n) is 4.64. The van der Waals surface area contributed by atoms with Crippen LogP contribution in [-0.2, 0) is 7.05 Å². The minimum atomic E-state index is -0.591. The van der Waals surface area contributed by atoms with Gasteiger partial charge in [0.1, 0.15) is 23.3 Å². The fourth-order valence-electron chi connectivity index (χ4n) is 3.24. The van der Waals surface area contributed by atoms with Crippen molar-refractivity contribution in [2.24, 2.45) is 13.0 Å². The number of hydrogen-bond donors (Lipinski definition) is 1. The van der Waals surface area contributed by atoms with Gasteiger partial charge in [0, 0.05) is 32.5 Å². The number of likely N-dealkylation sites (tertiary alicyclic amines) is 1. The van der Waals surface area contributed by atoms with Gasteiger partial charge in [-0.05, 0) is 32.6 Å². The Hall–Kier alpha value is -2.15. The summed E-state index contributed by atoms with van der Waals surface area (Å²) in [6.45, 7) is 4.77. The lowest BCUT2D eigenvalue weighted by molar-refractivity contribution is 0.0419. The normalized spacial score (nSPS) is 17.5. The van der Waals surface area contributed by atoms with E-state index in [1.54, 1.807) is 20.0 Å². The predicted molar refractivity (Wildman–Crippen MR) is 82.8 cm³/mol. The lowest BCUT2D eigenvalue weighted by atomic mass is 9.90. The Morgan fingerprint density at radius 2 is 2.09 bits per heavy atom. The van der Waals surface area contributed by atoms with Crippen LogP contribution in [0.15, 0.2) is 16.9 Å². The molecule has 2 aromatic heterocycles. The van der Waals surface area contributed by atoms with Gasteiger partial charge >= 0.3 is 0 Å². The molecule has 2 aromatic rings. The summed E-state index contributed by atoms with van der Waals surface area (Å²) >= 11 is 0. The summed E-state index contributed by atoms with van der Waals surface area (Å²) in [5, 5.41) is 14.3. The first-order valence-electron chi connectivity index (χ1n) is 7.86. The Kier molecular flexibility index (Phi) is 4.21. The smallest absolute Gasteiger partial charge is 0.259 e. The molecule has 124 valence electrons. The zero-order chi connectivity index (χ0) is 16.6. The fraction of sp³-hybridized carbons (Fsp3) is 0.562. The molecule has 3 heterocycles. The van der Waals surface area contributed by atoms with Crippen molar-refractivity contribution >= 4 is 5.91 Å². The van der Waals surface area contributed by atoms with Crippen LogP contribution < -0.4 is 0 Å². The molecule has 1 amide bonds. The minimum absolute atomic E-state index is 0.0359. The number of piperidine rings is 1. The maximum atomic E-state index is 12.6. The third-order valence-corrected chi connectivity index (χ3v) is 4.64. The van der Waals surface area contributed by atoms with E-state index in [-0.39, 0.29) is 11.8 Å². The van der Waals surface area contributed by atoms with E-state index in [1.165, 1.54) is 0 Å². The van der Waals surface area contributed by atoms with Crippen LogP contribution in [0.25, 0.3) is 0 Å². The van der Waals surface area contributed by atoms with Crippen LogP contribution in [0.4, 0.5) is 0 Å². The van der Waals surface area contributed by atoms with E-state index in [9.17, 15) is 9.90 Å². The largest absolute Gasteiger partial charge is 0.385 e. The molecule has 0 bridgehead atoms. The van der Waals surface area contributed by atoms with E-state index in [0.717, 1.165) is 12.8 Å². The summed E-state index contributed by atoms with van der Waals surface area (Å²) in [6, 6.07) is 0. The Bertz CT molecular complexity index is 678. The molecule has 0 aromatic carbocycles. The van der Waals surface area contributed by atoms with Crippen LogP contribution in [0.1, 0.15) is 46.6 Å². The number of rotatable bonds is 3. The first-order chi connectivity index (χ1) is 11.0. The van der Waals surface area contributed by atoms with Gasteiger partial charge in [-0.15, -0.1) is 0 Å². The molecule has 3 rings (SSSR count). The van der Waals surface area contributed by atoms with Crippen molar-refractivity contribution in [1.29, 1.82) is 0 Å². The zero-order valence-corrected chi connectivity index (χ0v) is 13.7. The van der Waals surface area contributed by atoms with Crippen molar-refractivity contribution in [3.05, 3.63) is 35.2 Å². The Morgan fingerprint density at radius 3 is 2.61 bits per heavy atom. The number of aliphatic hydroxyl groups is 1. The van der Waals surface area contributed by atoms with Crippen LogP contribution >= 0.6 is 0 Å². The molecule has 1 saturated heterocycles. The lowest BCUT2D eigenvalue weighted by Gasteiger charge is -2.34. The summed E-state index contributed by atoms with van der Waals surface area (Å²) in [7, 11) is 1.88. The van der Waals surface area contributed by atoms with E-state index in [0.29, 0.717) is 35.9 Å². The number of aryl methyl sites for hydroxylation is 3. The third kappa shape index (κ3) is 2.88. The average Bonchev–Trinajstić information content (AvgIpc) is 3.12. The van der Waals surface area contributed by atoms with Gasteiger partial charge < -0.3 is 19.1 Å². The Balaban J connectivity index is 1.65. The zero-order valence-electron chi connectivity index (χ0n) is 13.7. The molecule has 0 unspecified atom stereocenters. The molecular weight excluding hydrogens is 296 g/mol. The van der Waals surface area contributed by atoms with Crippen molar-refractivity contribution in [1.82, 2.24) is 19.6 Å². The minimum Gasteiger partial charge on any atom is -0.385 e. The molecule has 23 heavy (non-hydrogen) atoms. The Morgan fingerprint density at radius 1 is 1.39 bits per heavy atom. The van der Waals surface area contributed by atoms with Gasteiger partial charge in [0.15, 0.2) is 0 Å². The van der Waals surface area contributed by atoms with Gasteiger partial charge in [-0.2, -0.15) is 0 Å². The molecule has 1 atom stereocenters. The summed E-state index contributed by atoms with van der Waals surface area (Å²) in [5.74, 6) is 1.32. The second-order valence-electron chi connectivity index (χ2n) is 6.17. The van der Waals surface area contributed by atoms with Crippen molar-refractivity contribution < 1.29 is 14.4 Å². The van der Waals surface area contributed by atoms with Crippen LogP contribution in [0.5, 0.6) is 0 Å². The maximum Gasteiger partial charge on any atom is 0.259 e. The predicted octanol–water partition coefficient (Wildman–Crippen LogP) is 1.61. The van der Waals surface area contributed by atoms with Gasteiger partial charge in [0.2, 0.25) is 0 Å². The second-order valence-corrected chi connectivity index (χ2v) is 6.17. The quantitative estimate of drug-likeness (QED) is 0.929. The first kappa shape index (κ1) is 15.7. The van der Waals surface area contributed by atoms with Crippen molar-refractivity contribution in [3.8, 4) is 0 Å². The molecule has 1 fully saturated rings. The number of aliphatic hydroxyl groups excluding tert-OH is 1. The standard InChI is InChI=1S/C16H22N4O3/c1-10-13(11(2)23-18-10)16(22)20-7-4-12(5-8-20)14(21)15-17-6-9-19(15)3/h6,9,12,14,21H,4-5,7-8H2,1-3H3/t14-/m0/s1. The molecule has 1 aliphatic heterocycles. The average molecular weight is 318 g/mol. The van der Waals surface area contributed by atoms with E-state index in [2.05, 4.69) is 10.1 Å². The van der Waals surface area contributed by atoms with Crippen LogP contribution in [0.2, 0.25) is 0 Å². The molecule has 1 aliphatic rings. The van der Waals surface area contributed by atoms with Gasteiger partial charge in [0.05, 0.1) is 5.69 Å². The highest BCUT2D eigenvalue weighted by Crippen LogP contribution is 2.30. The van der Waals surface area contributed by atoms with E-state index in [4.69, 9.17) is 4.52 Å². The van der Waals surface area contributed by atoms with Crippen molar-refractivity contribution in [3.63, 3.8) is 0 Å². The Labute approximate surface area is 134 Å².